The number of hydrogen-bond donors (Lipinski definition) is 1. The van der Waals surface area contributed by atoms with E-state index in [4.69, 9.17) is 9.47 Å². The largest absolute Gasteiger partial charge is 0.385 e. The maximum Gasteiger partial charge on any atom is 0.232 e. The zero-order valence-electron chi connectivity index (χ0n) is 15.3. The zero-order chi connectivity index (χ0) is 17.3. The van der Waals surface area contributed by atoms with Gasteiger partial charge >= 0.3 is 0 Å². The summed E-state index contributed by atoms with van der Waals surface area (Å²) in [6, 6.07) is 0. The van der Waals surface area contributed by atoms with Crippen LogP contribution in [0.15, 0.2) is 0 Å². The van der Waals surface area contributed by atoms with Crippen molar-refractivity contribution in [3.63, 3.8) is 0 Å². The molecule has 5 heteroatoms. The van der Waals surface area contributed by atoms with E-state index in [1.165, 1.54) is 0 Å². The zero-order valence-corrected chi connectivity index (χ0v) is 15.3. The van der Waals surface area contributed by atoms with Crippen molar-refractivity contribution >= 4 is 5.78 Å². The Morgan fingerprint density at radius 1 is 1.35 bits per heavy atom. The fourth-order valence-electron chi connectivity index (χ4n) is 3.84. The predicted octanol–water partition coefficient (Wildman–Crippen LogP) is 2.22. The van der Waals surface area contributed by atoms with Crippen LogP contribution in [0.2, 0.25) is 0 Å². The van der Waals surface area contributed by atoms with Crippen molar-refractivity contribution < 1.29 is 19.4 Å². The van der Waals surface area contributed by atoms with Gasteiger partial charge in [0.25, 0.3) is 0 Å². The van der Waals surface area contributed by atoms with Crippen LogP contribution in [-0.2, 0) is 14.3 Å². The smallest absolute Gasteiger partial charge is 0.232 e. The topological polar surface area (TPSA) is 59.0 Å². The third kappa shape index (κ3) is 3.95. The van der Waals surface area contributed by atoms with Gasteiger partial charge in [0.05, 0.1) is 12.7 Å². The Labute approximate surface area is 140 Å². The number of aliphatic hydroxyl groups is 1. The summed E-state index contributed by atoms with van der Waals surface area (Å²) in [7, 11) is 0. The fraction of sp³-hybridized carbons (Fsp3) is 0.944. The standard InChI is InChI=1S/C18H33NO4/c1-6-10-19(7-2)11-13-12-22-18(23-13)9-8-14(17(3,4)5)15(20)16(18)21/h13-15,20H,6-12H2,1-5H3. The Morgan fingerprint density at radius 3 is 2.61 bits per heavy atom. The number of hydrogen-bond acceptors (Lipinski definition) is 5. The summed E-state index contributed by atoms with van der Waals surface area (Å²) < 4.78 is 11.8. The van der Waals surface area contributed by atoms with E-state index in [-0.39, 0.29) is 23.2 Å². The summed E-state index contributed by atoms with van der Waals surface area (Å²) >= 11 is 0. The van der Waals surface area contributed by atoms with E-state index in [1.54, 1.807) is 0 Å². The summed E-state index contributed by atoms with van der Waals surface area (Å²) in [5, 5.41) is 10.5. The molecule has 1 spiro atoms. The number of carbonyl (C=O) groups excluding carboxylic acids is 1. The highest BCUT2D eigenvalue weighted by Gasteiger charge is 2.56. The number of carbonyl (C=O) groups is 1. The van der Waals surface area contributed by atoms with Crippen LogP contribution in [-0.4, -0.2) is 60.0 Å². The van der Waals surface area contributed by atoms with Crippen molar-refractivity contribution in [2.75, 3.05) is 26.2 Å². The maximum atomic E-state index is 12.7. The van der Waals surface area contributed by atoms with Crippen molar-refractivity contribution in [3.05, 3.63) is 0 Å². The fourth-order valence-corrected chi connectivity index (χ4v) is 3.84. The van der Waals surface area contributed by atoms with Crippen LogP contribution in [0.1, 0.15) is 53.9 Å². The number of ketones is 1. The van der Waals surface area contributed by atoms with Gasteiger partial charge in [-0.25, -0.2) is 0 Å². The van der Waals surface area contributed by atoms with Gasteiger partial charge in [-0.1, -0.05) is 34.6 Å². The van der Waals surface area contributed by atoms with Crippen LogP contribution in [0.3, 0.4) is 0 Å². The van der Waals surface area contributed by atoms with Crippen molar-refractivity contribution in [2.24, 2.45) is 11.3 Å². The summed E-state index contributed by atoms with van der Waals surface area (Å²) in [6.07, 6.45) is 1.29. The summed E-state index contributed by atoms with van der Waals surface area (Å²) in [5.41, 5.74) is -0.102. The van der Waals surface area contributed by atoms with E-state index in [2.05, 4.69) is 39.5 Å². The normalized spacial score (nSPS) is 35.4. The molecule has 0 radical (unpaired) electrons. The van der Waals surface area contributed by atoms with Crippen molar-refractivity contribution in [2.45, 2.75) is 71.9 Å². The molecule has 0 amide bonds. The maximum absolute atomic E-state index is 12.7. The minimum absolute atomic E-state index is 0.0425. The highest BCUT2D eigenvalue weighted by Crippen LogP contribution is 2.44. The molecule has 1 saturated heterocycles. The van der Waals surface area contributed by atoms with Crippen LogP contribution in [0.5, 0.6) is 0 Å². The molecule has 0 aromatic heterocycles. The molecule has 5 nitrogen and oxygen atoms in total. The second-order valence-electron chi connectivity index (χ2n) is 8.02. The molecular weight excluding hydrogens is 294 g/mol. The number of rotatable bonds is 5. The van der Waals surface area contributed by atoms with E-state index in [0.717, 1.165) is 32.5 Å². The highest BCUT2D eigenvalue weighted by atomic mass is 16.7. The van der Waals surface area contributed by atoms with Gasteiger partial charge in [0, 0.05) is 13.0 Å². The van der Waals surface area contributed by atoms with Crippen molar-refractivity contribution in [1.29, 1.82) is 0 Å². The van der Waals surface area contributed by atoms with Crippen LogP contribution >= 0.6 is 0 Å². The minimum atomic E-state index is -1.21. The Balaban J connectivity index is 2.01. The number of Topliss-reactive ketones (excluding diaryl/α,β-unsaturated/α-hetero) is 1. The molecule has 0 aromatic carbocycles. The molecule has 0 bridgehead atoms. The summed E-state index contributed by atoms with van der Waals surface area (Å²) in [4.78, 5) is 15.0. The predicted molar refractivity (Wildman–Crippen MR) is 89.2 cm³/mol. The molecule has 1 aliphatic heterocycles. The Kier molecular flexibility index (Phi) is 5.88. The molecular formula is C18H33NO4. The second kappa shape index (κ2) is 7.18. The Morgan fingerprint density at radius 2 is 2.04 bits per heavy atom. The molecule has 134 valence electrons. The molecule has 0 aromatic rings. The van der Waals surface area contributed by atoms with Gasteiger partial charge in [0.2, 0.25) is 11.6 Å². The SMILES string of the molecule is CCCN(CC)CC1COC2(CCC(C(C)(C)C)C(O)C2=O)O1. The Hall–Kier alpha value is -0.490. The van der Waals surface area contributed by atoms with Crippen LogP contribution in [0, 0.1) is 11.3 Å². The van der Waals surface area contributed by atoms with E-state index in [0.29, 0.717) is 13.0 Å². The molecule has 4 unspecified atom stereocenters. The van der Waals surface area contributed by atoms with Gasteiger partial charge in [-0.05, 0) is 37.3 Å². The van der Waals surface area contributed by atoms with Crippen LogP contribution < -0.4 is 0 Å². The van der Waals surface area contributed by atoms with Gasteiger partial charge < -0.3 is 19.5 Å². The highest BCUT2D eigenvalue weighted by molar-refractivity contribution is 5.91. The van der Waals surface area contributed by atoms with E-state index in [9.17, 15) is 9.90 Å². The van der Waals surface area contributed by atoms with E-state index >= 15 is 0 Å². The molecule has 1 heterocycles. The van der Waals surface area contributed by atoms with Crippen LogP contribution in [0.25, 0.3) is 0 Å². The summed E-state index contributed by atoms with van der Waals surface area (Å²) in [6.45, 7) is 13.7. The van der Waals surface area contributed by atoms with Crippen molar-refractivity contribution in [3.8, 4) is 0 Å². The number of likely N-dealkylation sites (N-methyl/N-ethyl adjacent to an activating group) is 1. The lowest BCUT2D eigenvalue weighted by atomic mass is 9.68. The first-order valence-electron chi connectivity index (χ1n) is 9.00. The number of nitrogens with zero attached hydrogens (tertiary/aromatic N) is 1. The van der Waals surface area contributed by atoms with E-state index in [1.807, 2.05) is 0 Å². The number of ether oxygens (including phenoxy) is 2. The average molecular weight is 327 g/mol. The van der Waals surface area contributed by atoms with Crippen molar-refractivity contribution in [1.82, 2.24) is 4.90 Å². The first kappa shape index (κ1) is 18.8. The van der Waals surface area contributed by atoms with Crippen LogP contribution in [0.4, 0.5) is 0 Å². The first-order chi connectivity index (χ1) is 10.7. The quantitative estimate of drug-likeness (QED) is 0.839. The molecule has 1 N–H and O–H groups in total. The molecule has 4 atom stereocenters. The van der Waals surface area contributed by atoms with E-state index < -0.39 is 11.9 Å². The molecule has 1 saturated carbocycles. The molecule has 23 heavy (non-hydrogen) atoms. The lowest BCUT2D eigenvalue weighted by Crippen LogP contribution is -2.55. The molecule has 2 aliphatic rings. The average Bonchev–Trinajstić information content (AvgIpc) is 2.87. The van der Waals surface area contributed by atoms with Gasteiger partial charge in [0.15, 0.2) is 0 Å². The lowest BCUT2D eigenvalue weighted by Gasteiger charge is -2.42. The third-order valence-corrected chi connectivity index (χ3v) is 5.23. The number of aliphatic hydroxyl groups excluding tert-OH is 1. The summed E-state index contributed by atoms with van der Waals surface area (Å²) in [5.74, 6) is -1.54. The first-order valence-corrected chi connectivity index (χ1v) is 9.00. The van der Waals surface area contributed by atoms with Gasteiger partial charge in [0.1, 0.15) is 6.10 Å². The lowest BCUT2D eigenvalue weighted by molar-refractivity contribution is -0.212. The second-order valence-corrected chi connectivity index (χ2v) is 8.02. The van der Waals surface area contributed by atoms with Gasteiger partial charge in [-0.3, -0.25) is 4.79 Å². The molecule has 1 aliphatic carbocycles. The minimum Gasteiger partial charge on any atom is -0.385 e. The monoisotopic (exact) mass is 327 g/mol. The van der Waals surface area contributed by atoms with Gasteiger partial charge in [-0.15, -0.1) is 0 Å². The van der Waals surface area contributed by atoms with Gasteiger partial charge in [-0.2, -0.15) is 0 Å². The third-order valence-electron chi connectivity index (χ3n) is 5.23. The molecule has 2 fully saturated rings. The Bertz CT molecular complexity index is 420. The molecule has 2 rings (SSSR count).